The lowest BCUT2D eigenvalue weighted by molar-refractivity contribution is -0.223. The van der Waals surface area contributed by atoms with Gasteiger partial charge in [-0.25, -0.2) is 0 Å². The highest BCUT2D eigenvalue weighted by atomic mass is 16.6. The van der Waals surface area contributed by atoms with Crippen molar-refractivity contribution >= 4 is 5.97 Å². The second-order valence-corrected chi connectivity index (χ2v) is 9.88. The number of ether oxygens (including phenoxy) is 1. The third kappa shape index (κ3) is 3.35. The average Bonchev–Trinajstić information content (AvgIpc) is 2.30. The Morgan fingerprint density at radius 1 is 1.17 bits per heavy atom. The lowest BCUT2D eigenvalue weighted by Gasteiger charge is -2.59. The minimum absolute atomic E-state index is 0.107. The van der Waals surface area contributed by atoms with Crippen LogP contribution in [0, 0.1) is 23.2 Å². The molecule has 0 aromatic heterocycles. The summed E-state index contributed by atoms with van der Waals surface area (Å²) in [4.78, 5) is 13.0. The topological polar surface area (TPSA) is 46.5 Å². The lowest BCUT2D eigenvalue weighted by atomic mass is 9.52. The van der Waals surface area contributed by atoms with Crippen LogP contribution in [0.5, 0.6) is 0 Å². The molecule has 4 aliphatic rings. The van der Waals surface area contributed by atoms with Crippen LogP contribution >= 0.6 is 0 Å². The first kappa shape index (κ1) is 17.0. The minimum atomic E-state index is -0.585. The summed E-state index contributed by atoms with van der Waals surface area (Å²) in [7, 11) is 0. The number of carbonyl (C=O) groups excluding carboxylic acids is 1. The first-order chi connectivity index (χ1) is 10.5. The molecular weight excluding hydrogens is 288 g/mol. The van der Waals surface area contributed by atoms with E-state index in [-0.39, 0.29) is 17.3 Å². The average molecular weight is 320 g/mol. The van der Waals surface area contributed by atoms with Crippen molar-refractivity contribution in [3.05, 3.63) is 11.6 Å². The molecule has 3 unspecified atom stereocenters. The van der Waals surface area contributed by atoms with E-state index in [4.69, 9.17) is 4.74 Å². The van der Waals surface area contributed by atoms with Crippen molar-refractivity contribution in [3.8, 4) is 0 Å². The highest BCUT2D eigenvalue weighted by Crippen LogP contribution is 2.59. The van der Waals surface area contributed by atoms with Crippen LogP contribution in [0.4, 0.5) is 0 Å². The SMILES string of the molecule is CC(C)=CC(C(=O)OC12CC3CC(CC(O)(C3)C1)C2)C(C)(C)C. The summed E-state index contributed by atoms with van der Waals surface area (Å²) in [5.74, 6) is 0.732. The highest BCUT2D eigenvalue weighted by molar-refractivity contribution is 5.76. The van der Waals surface area contributed by atoms with Gasteiger partial charge in [-0.1, -0.05) is 32.4 Å². The monoisotopic (exact) mass is 320 g/mol. The number of hydrogen-bond acceptors (Lipinski definition) is 3. The molecule has 0 aromatic carbocycles. The maximum atomic E-state index is 13.0. The van der Waals surface area contributed by atoms with Gasteiger partial charge in [0.05, 0.1) is 11.5 Å². The van der Waals surface area contributed by atoms with Crippen LogP contribution < -0.4 is 0 Å². The van der Waals surface area contributed by atoms with Crippen LogP contribution in [-0.2, 0) is 9.53 Å². The quantitative estimate of drug-likeness (QED) is 0.625. The molecule has 0 heterocycles. The Morgan fingerprint density at radius 2 is 1.74 bits per heavy atom. The predicted molar refractivity (Wildman–Crippen MR) is 90.8 cm³/mol. The Morgan fingerprint density at radius 3 is 2.17 bits per heavy atom. The number of carbonyl (C=O) groups is 1. The zero-order valence-electron chi connectivity index (χ0n) is 15.3. The first-order valence-corrected chi connectivity index (χ1v) is 9.11. The van der Waals surface area contributed by atoms with Crippen molar-refractivity contribution < 1.29 is 14.6 Å². The molecule has 0 aliphatic heterocycles. The van der Waals surface area contributed by atoms with Gasteiger partial charge in [-0.15, -0.1) is 0 Å². The second-order valence-electron chi connectivity index (χ2n) is 9.88. The van der Waals surface area contributed by atoms with Crippen LogP contribution in [0.15, 0.2) is 11.6 Å². The molecule has 4 aliphatic carbocycles. The zero-order chi connectivity index (χ0) is 17.0. The Hall–Kier alpha value is -0.830. The molecule has 4 saturated carbocycles. The van der Waals surface area contributed by atoms with E-state index < -0.39 is 11.2 Å². The third-order valence-corrected chi connectivity index (χ3v) is 5.98. The van der Waals surface area contributed by atoms with E-state index in [9.17, 15) is 9.90 Å². The summed E-state index contributed by atoms with van der Waals surface area (Å²) in [6, 6.07) is 0. The van der Waals surface area contributed by atoms with E-state index in [1.54, 1.807) is 0 Å². The number of esters is 1. The lowest BCUT2D eigenvalue weighted by Crippen LogP contribution is -2.60. The molecule has 0 amide bonds. The van der Waals surface area contributed by atoms with Gasteiger partial charge in [0.15, 0.2) is 0 Å². The molecule has 130 valence electrons. The molecule has 0 saturated heterocycles. The van der Waals surface area contributed by atoms with Crippen LogP contribution in [0.25, 0.3) is 0 Å². The third-order valence-electron chi connectivity index (χ3n) is 5.98. The first-order valence-electron chi connectivity index (χ1n) is 9.11. The van der Waals surface area contributed by atoms with Crippen molar-refractivity contribution in [2.45, 2.75) is 84.3 Å². The van der Waals surface area contributed by atoms with Crippen LogP contribution in [0.2, 0.25) is 0 Å². The zero-order valence-corrected chi connectivity index (χ0v) is 15.3. The fourth-order valence-corrected chi connectivity index (χ4v) is 5.53. The van der Waals surface area contributed by atoms with E-state index in [0.29, 0.717) is 18.3 Å². The fraction of sp³-hybridized carbons (Fsp3) is 0.850. The number of allylic oxidation sites excluding steroid dienone is 1. The van der Waals surface area contributed by atoms with Crippen LogP contribution in [0.1, 0.15) is 73.1 Å². The highest BCUT2D eigenvalue weighted by Gasteiger charge is 2.59. The molecule has 0 radical (unpaired) electrons. The number of hydrogen-bond donors (Lipinski definition) is 1. The van der Waals surface area contributed by atoms with Gasteiger partial charge in [0, 0.05) is 6.42 Å². The van der Waals surface area contributed by atoms with Crippen LogP contribution in [-0.4, -0.2) is 22.3 Å². The summed E-state index contributed by atoms with van der Waals surface area (Å²) in [5.41, 5.74) is -0.00777. The number of rotatable bonds is 3. The van der Waals surface area contributed by atoms with Gasteiger partial charge in [-0.05, 0) is 63.2 Å². The van der Waals surface area contributed by atoms with Gasteiger partial charge in [0.2, 0.25) is 0 Å². The Kier molecular flexibility index (Phi) is 3.95. The molecular formula is C20H32O3. The van der Waals surface area contributed by atoms with Crippen molar-refractivity contribution in [2.75, 3.05) is 0 Å². The van der Waals surface area contributed by atoms with E-state index in [1.807, 2.05) is 19.9 Å². The predicted octanol–water partition coefficient (Wildman–Crippen LogP) is 4.24. The molecule has 23 heavy (non-hydrogen) atoms. The van der Waals surface area contributed by atoms with Crippen LogP contribution in [0.3, 0.4) is 0 Å². The normalized spacial score (nSPS) is 39.9. The second kappa shape index (κ2) is 5.34. The smallest absolute Gasteiger partial charge is 0.313 e. The van der Waals surface area contributed by atoms with Gasteiger partial charge in [0.1, 0.15) is 5.60 Å². The maximum absolute atomic E-state index is 13.0. The summed E-state index contributed by atoms with van der Waals surface area (Å²) in [6.07, 6.45) is 7.59. The fourth-order valence-electron chi connectivity index (χ4n) is 5.53. The van der Waals surface area contributed by atoms with Crippen molar-refractivity contribution in [1.82, 2.24) is 0 Å². The van der Waals surface area contributed by atoms with Crippen molar-refractivity contribution in [3.63, 3.8) is 0 Å². The van der Waals surface area contributed by atoms with E-state index in [1.165, 1.54) is 6.42 Å². The van der Waals surface area contributed by atoms with Gasteiger partial charge in [-0.2, -0.15) is 0 Å². The Bertz CT molecular complexity index is 507. The summed E-state index contributed by atoms with van der Waals surface area (Å²) >= 11 is 0. The molecule has 4 rings (SSSR count). The van der Waals surface area contributed by atoms with Gasteiger partial charge in [-0.3, -0.25) is 4.79 Å². The molecule has 3 heteroatoms. The van der Waals surface area contributed by atoms with E-state index in [0.717, 1.165) is 31.3 Å². The van der Waals surface area contributed by atoms with Gasteiger partial charge < -0.3 is 9.84 Å². The number of aliphatic hydroxyl groups is 1. The Balaban J connectivity index is 1.80. The molecule has 4 bridgehead atoms. The summed E-state index contributed by atoms with van der Waals surface area (Å²) < 4.78 is 6.16. The molecule has 0 spiro atoms. The molecule has 3 nitrogen and oxygen atoms in total. The summed E-state index contributed by atoms with van der Waals surface area (Å²) in [5, 5.41) is 10.8. The van der Waals surface area contributed by atoms with Gasteiger partial charge >= 0.3 is 5.97 Å². The minimum Gasteiger partial charge on any atom is -0.458 e. The van der Waals surface area contributed by atoms with E-state index >= 15 is 0 Å². The molecule has 3 atom stereocenters. The van der Waals surface area contributed by atoms with Gasteiger partial charge in [0.25, 0.3) is 0 Å². The molecule has 4 fully saturated rings. The standard InChI is InChI=1S/C20H32O3/c1-13(2)6-16(18(3,4)5)17(21)23-20-10-14-7-15(11-20)9-19(22,8-14)12-20/h6,14-16,22H,7-12H2,1-5H3. The van der Waals surface area contributed by atoms with Crippen molar-refractivity contribution in [1.29, 1.82) is 0 Å². The largest absolute Gasteiger partial charge is 0.458 e. The van der Waals surface area contributed by atoms with E-state index in [2.05, 4.69) is 20.8 Å². The molecule has 0 aromatic rings. The Labute approximate surface area is 140 Å². The van der Waals surface area contributed by atoms with Crippen molar-refractivity contribution in [2.24, 2.45) is 23.2 Å². The molecule has 1 N–H and O–H groups in total. The summed E-state index contributed by atoms with van der Waals surface area (Å²) in [6.45, 7) is 10.3. The maximum Gasteiger partial charge on any atom is 0.313 e.